The van der Waals surface area contributed by atoms with Crippen LogP contribution in [0.4, 0.5) is 0 Å². The maximum atomic E-state index is 5.81. The lowest BCUT2D eigenvalue weighted by Crippen LogP contribution is -2.42. The van der Waals surface area contributed by atoms with E-state index in [2.05, 4.69) is 11.8 Å². The lowest BCUT2D eigenvalue weighted by atomic mass is 9.82. The number of rotatable bonds is 0. The van der Waals surface area contributed by atoms with Crippen molar-refractivity contribution >= 4 is 11.8 Å². The normalized spacial score (nSPS) is 31.2. The molecule has 2 aliphatic rings. The number of hydrogen-bond acceptors (Lipinski definition) is 2. The molecule has 0 bridgehead atoms. The van der Waals surface area contributed by atoms with Gasteiger partial charge in [0.2, 0.25) is 0 Å². The molecular formula is C8H14OS. The highest BCUT2D eigenvalue weighted by molar-refractivity contribution is 7.99. The maximum Gasteiger partial charge on any atom is 0.0772 e. The van der Waals surface area contributed by atoms with E-state index in [0.29, 0.717) is 5.60 Å². The Kier molecular flexibility index (Phi) is 1.92. The molecule has 2 heteroatoms. The lowest BCUT2D eigenvalue weighted by Gasteiger charge is -2.40. The van der Waals surface area contributed by atoms with Gasteiger partial charge in [-0.25, -0.2) is 0 Å². The molecule has 1 aliphatic carbocycles. The fourth-order valence-electron chi connectivity index (χ4n) is 1.61. The summed E-state index contributed by atoms with van der Waals surface area (Å²) in [6, 6.07) is 0. The second-order valence-corrected chi connectivity index (χ2v) is 4.40. The molecule has 1 aliphatic heterocycles. The quantitative estimate of drug-likeness (QED) is 0.533. The first-order chi connectivity index (χ1) is 4.91. The Labute approximate surface area is 66.5 Å². The Bertz CT molecular complexity index is 110. The molecule has 2 rings (SSSR count). The van der Waals surface area contributed by atoms with Crippen molar-refractivity contribution < 1.29 is 4.74 Å². The predicted octanol–water partition coefficient (Wildman–Crippen LogP) is 2.06. The minimum absolute atomic E-state index is 0.348. The van der Waals surface area contributed by atoms with Gasteiger partial charge in [0.25, 0.3) is 0 Å². The zero-order chi connectivity index (χ0) is 6.86. The molecule has 1 heterocycles. The van der Waals surface area contributed by atoms with E-state index in [1.165, 1.54) is 37.2 Å². The summed E-state index contributed by atoms with van der Waals surface area (Å²) in [7, 11) is 0. The van der Waals surface area contributed by atoms with E-state index in [1.54, 1.807) is 0 Å². The Morgan fingerprint density at radius 3 is 2.80 bits per heavy atom. The molecule has 1 saturated carbocycles. The zero-order valence-electron chi connectivity index (χ0n) is 6.27. The summed E-state index contributed by atoms with van der Waals surface area (Å²) in [4.78, 5) is 0. The van der Waals surface area contributed by atoms with E-state index in [4.69, 9.17) is 4.74 Å². The zero-order valence-corrected chi connectivity index (χ0v) is 7.08. The van der Waals surface area contributed by atoms with Crippen LogP contribution in [0.1, 0.15) is 25.7 Å². The van der Waals surface area contributed by atoms with Crippen molar-refractivity contribution in [1.29, 1.82) is 0 Å². The Balaban J connectivity index is 1.92. The van der Waals surface area contributed by atoms with Gasteiger partial charge >= 0.3 is 0 Å². The van der Waals surface area contributed by atoms with Crippen molar-refractivity contribution in [2.45, 2.75) is 31.3 Å². The molecule has 0 aromatic rings. The molecule has 0 atom stereocenters. The second-order valence-electron chi connectivity index (χ2n) is 3.29. The smallest absolute Gasteiger partial charge is 0.0772 e. The van der Waals surface area contributed by atoms with Crippen molar-refractivity contribution in [3.05, 3.63) is 0 Å². The van der Waals surface area contributed by atoms with Gasteiger partial charge in [-0.3, -0.25) is 0 Å². The fourth-order valence-corrected chi connectivity index (χ4v) is 2.82. The Hall–Kier alpha value is 0.310. The van der Waals surface area contributed by atoms with Crippen LogP contribution in [0, 0.1) is 0 Å². The highest BCUT2D eigenvalue weighted by Crippen LogP contribution is 2.39. The standard InChI is InChI=1S/C8H14OS/c1-3-8(4-1)7-10-6-2-5-9-8/h1-7H2. The minimum Gasteiger partial charge on any atom is -0.374 e. The van der Waals surface area contributed by atoms with E-state index >= 15 is 0 Å². The molecule has 10 heavy (non-hydrogen) atoms. The third kappa shape index (κ3) is 1.19. The number of hydrogen-bond donors (Lipinski definition) is 0. The van der Waals surface area contributed by atoms with Crippen molar-refractivity contribution in [1.82, 2.24) is 0 Å². The highest BCUT2D eigenvalue weighted by Gasteiger charge is 2.38. The van der Waals surface area contributed by atoms with Crippen LogP contribution >= 0.6 is 11.8 Å². The summed E-state index contributed by atoms with van der Waals surface area (Å²) < 4.78 is 5.81. The molecule has 0 unspecified atom stereocenters. The van der Waals surface area contributed by atoms with E-state index < -0.39 is 0 Å². The molecule has 1 saturated heterocycles. The molecule has 58 valence electrons. The predicted molar refractivity (Wildman–Crippen MR) is 44.5 cm³/mol. The van der Waals surface area contributed by atoms with Gasteiger partial charge in [0.15, 0.2) is 0 Å². The van der Waals surface area contributed by atoms with Gasteiger partial charge < -0.3 is 4.74 Å². The molecular weight excluding hydrogens is 144 g/mol. The summed E-state index contributed by atoms with van der Waals surface area (Å²) in [6.07, 6.45) is 5.28. The topological polar surface area (TPSA) is 9.23 Å². The van der Waals surface area contributed by atoms with E-state index in [-0.39, 0.29) is 0 Å². The third-order valence-electron chi connectivity index (χ3n) is 2.47. The molecule has 0 aromatic carbocycles. The second kappa shape index (κ2) is 2.74. The molecule has 0 N–H and O–H groups in total. The van der Waals surface area contributed by atoms with Crippen molar-refractivity contribution in [3.8, 4) is 0 Å². The van der Waals surface area contributed by atoms with E-state index in [0.717, 1.165) is 6.61 Å². The number of thioether (sulfide) groups is 1. The average molecular weight is 158 g/mol. The SMILES string of the molecule is C1COC2(CCC2)CSC1. The summed E-state index contributed by atoms with van der Waals surface area (Å²) in [6.45, 7) is 1.01. The van der Waals surface area contributed by atoms with Gasteiger partial charge in [-0.1, -0.05) is 0 Å². The first-order valence-corrected chi connectivity index (χ1v) is 5.29. The first kappa shape index (κ1) is 6.99. The van der Waals surface area contributed by atoms with Crippen molar-refractivity contribution in [3.63, 3.8) is 0 Å². The van der Waals surface area contributed by atoms with Crippen molar-refractivity contribution in [2.24, 2.45) is 0 Å². The van der Waals surface area contributed by atoms with Crippen LogP contribution in [0.25, 0.3) is 0 Å². The van der Waals surface area contributed by atoms with Crippen LogP contribution < -0.4 is 0 Å². The summed E-state index contributed by atoms with van der Waals surface area (Å²) in [5, 5.41) is 0. The van der Waals surface area contributed by atoms with Gasteiger partial charge in [0.1, 0.15) is 0 Å². The van der Waals surface area contributed by atoms with Crippen molar-refractivity contribution in [2.75, 3.05) is 18.1 Å². The third-order valence-corrected chi connectivity index (χ3v) is 3.78. The van der Waals surface area contributed by atoms with Crippen LogP contribution in [0.15, 0.2) is 0 Å². The van der Waals surface area contributed by atoms with Crippen LogP contribution in [-0.2, 0) is 4.74 Å². The lowest BCUT2D eigenvalue weighted by molar-refractivity contribution is -0.0785. The molecule has 1 nitrogen and oxygen atoms in total. The maximum absolute atomic E-state index is 5.81. The summed E-state index contributed by atoms with van der Waals surface area (Å²) >= 11 is 2.07. The summed E-state index contributed by atoms with van der Waals surface area (Å²) in [5.41, 5.74) is 0.348. The van der Waals surface area contributed by atoms with Gasteiger partial charge in [-0.05, 0) is 31.4 Å². The Morgan fingerprint density at radius 2 is 2.10 bits per heavy atom. The molecule has 2 fully saturated rings. The van der Waals surface area contributed by atoms with Gasteiger partial charge in [0.05, 0.1) is 5.60 Å². The molecule has 0 amide bonds. The Morgan fingerprint density at radius 1 is 1.20 bits per heavy atom. The fraction of sp³-hybridized carbons (Fsp3) is 1.00. The summed E-state index contributed by atoms with van der Waals surface area (Å²) in [5.74, 6) is 2.56. The minimum atomic E-state index is 0.348. The average Bonchev–Trinajstić information content (AvgIpc) is 2.08. The molecule has 0 radical (unpaired) electrons. The first-order valence-electron chi connectivity index (χ1n) is 4.13. The van der Waals surface area contributed by atoms with Crippen LogP contribution in [0.3, 0.4) is 0 Å². The van der Waals surface area contributed by atoms with E-state index in [9.17, 15) is 0 Å². The van der Waals surface area contributed by atoms with Crippen LogP contribution in [0.5, 0.6) is 0 Å². The highest BCUT2D eigenvalue weighted by atomic mass is 32.2. The molecule has 0 aromatic heterocycles. The largest absolute Gasteiger partial charge is 0.374 e. The van der Waals surface area contributed by atoms with Gasteiger partial charge in [-0.15, -0.1) is 0 Å². The van der Waals surface area contributed by atoms with Gasteiger partial charge in [-0.2, -0.15) is 11.8 Å². The number of ether oxygens (including phenoxy) is 1. The van der Waals surface area contributed by atoms with Crippen LogP contribution in [-0.4, -0.2) is 23.7 Å². The molecule has 1 spiro atoms. The van der Waals surface area contributed by atoms with Gasteiger partial charge in [0, 0.05) is 12.4 Å². The van der Waals surface area contributed by atoms with E-state index in [1.807, 2.05) is 0 Å². The van der Waals surface area contributed by atoms with Crippen LogP contribution in [0.2, 0.25) is 0 Å². The monoisotopic (exact) mass is 158 g/mol.